The fourth-order valence-electron chi connectivity index (χ4n) is 1.55. The standard InChI is InChI=1S/C13H12ClNO2/c1-8-11(14)4-3-5-12(8)15-13(16)10-6-7-17-9(10)2/h3-7H,1-2H3,(H,15,16). The Bertz CT molecular complexity index is 560. The Morgan fingerprint density at radius 2 is 2.06 bits per heavy atom. The van der Waals surface area contributed by atoms with Gasteiger partial charge in [-0.2, -0.15) is 0 Å². The third kappa shape index (κ3) is 2.34. The summed E-state index contributed by atoms with van der Waals surface area (Å²) >= 11 is 5.98. The Labute approximate surface area is 104 Å². The van der Waals surface area contributed by atoms with Crippen molar-refractivity contribution in [2.45, 2.75) is 13.8 Å². The summed E-state index contributed by atoms with van der Waals surface area (Å²) in [6, 6.07) is 7.04. The number of hydrogen-bond donors (Lipinski definition) is 1. The van der Waals surface area contributed by atoms with Gasteiger partial charge in [-0.25, -0.2) is 0 Å². The Morgan fingerprint density at radius 3 is 2.71 bits per heavy atom. The molecule has 2 rings (SSSR count). The lowest BCUT2D eigenvalue weighted by molar-refractivity contribution is 0.102. The summed E-state index contributed by atoms with van der Waals surface area (Å²) in [4.78, 5) is 11.9. The van der Waals surface area contributed by atoms with Crippen molar-refractivity contribution >= 4 is 23.2 Å². The van der Waals surface area contributed by atoms with E-state index in [-0.39, 0.29) is 5.91 Å². The van der Waals surface area contributed by atoms with Crippen LogP contribution in [0.1, 0.15) is 21.7 Å². The predicted molar refractivity (Wildman–Crippen MR) is 67.6 cm³/mol. The van der Waals surface area contributed by atoms with Crippen LogP contribution < -0.4 is 5.32 Å². The first kappa shape index (κ1) is 11.7. The number of benzene rings is 1. The van der Waals surface area contributed by atoms with Gasteiger partial charge < -0.3 is 9.73 Å². The molecule has 0 aliphatic carbocycles. The molecule has 0 unspecified atom stereocenters. The average molecular weight is 250 g/mol. The highest BCUT2D eigenvalue weighted by atomic mass is 35.5. The molecule has 3 nitrogen and oxygen atoms in total. The molecule has 0 spiro atoms. The second kappa shape index (κ2) is 4.63. The lowest BCUT2D eigenvalue weighted by atomic mass is 10.2. The number of aryl methyl sites for hydroxylation is 1. The van der Waals surface area contributed by atoms with Crippen LogP contribution in [0.5, 0.6) is 0 Å². The Balaban J connectivity index is 2.25. The van der Waals surface area contributed by atoms with Crippen molar-refractivity contribution in [1.29, 1.82) is 0 Å². The summed E-state index contributed by atoms with van der Waals surface area (Å²) in [5.74, 6) is 0.406. The van der Waals surface area contributed by atoms with Crippen LogP contribution in [0, 0.1) is 13.8 Å². The summed E-state index contributed by atoms with van der Waals surface area (Å²) in [5.41, 5.74) is 2.09. The molecule has 0 fully saturated rings. The summed E-state index contributed by atoms with van der Waals surface area (Å²) in [6.07, 6.45) is 1.50. The molecule has 0 radical (unpaired) electrons. The first-order chi connectivity index (χ1) is 8.09. The molecule has 0 saturated carbocycles. The minimum Gasteiger partial charge on any atom is -0.469 e. The van der Waals surface area contributed by atoms with E-state index in [1.807, 2.05) is 13.0 Å². The molecule has 0 atom stereocenters. The topological polar surface area (TPSA) is 42.2 Å². The van der Waals surface area contributed by atoms with Crippen LogP contribution in [-0.4, -0.2) is 5.91 Å². The highest BCUT2D eigenvalue weighted by Crippen LogP contribution is 2.23. The van der Waals surface area contributed by atoms with Crippen molar-refractivity contribution in [3.05, 3.63) is 52.4 Å². The maximum atomic E-state index is 11.9. The van der Waals surface area contributed by atoms with Crippen molar-refractivity contribution < 1.29 is 9.21 Å². The number of hydrogen-bond acceptors (Lipinski definition) is 2. The van der Waals surface area contributed by atoms with Gasteiger partial charge in [0.1, 0.15) is 5.76 Å². The van der Waals surface area contributed by atoms with Gasteiger partial charge in [0, 0.05) is 10.7 Å². The van der Waals surface area contributed by atoms with E-state index in [4.69, 9.17) is 16.0 Å². The van der Waals surface area contributed by atoms with Gasteiger partial charge in [-0.3, -0.25) is 4.79 Å². The largest absolute Gasteiger partial charge is 0.469 e. The van der Waals surface area contributed by atoms with Gasteiger partial charge in [-0.1, -0.05) is 17.7 Å². The molecule has 0 aliphatic rings. The lowest BCUT2D eigenvalue weighted by Crippen LogP contribution is -2.13. The summed E-state index contributed by atoms with van der Waals surface area (Å²) < 4.78 is 5.09. The maximum Gasteiger partial charge on any atom is 0.259 e. The van der Waals surface area contributed by atoms with Crippen LogP contribution in [-0.2, 0) is 0 Å². The molecule has 1 heterocycles. The molecule has 0 bridgehead atoms. The number of amides is 1. The lowest BCUT2D eigenvalue weighted by Gasteiger charge is -2.08. The Hall–Kier alpha value is -1.74. The number of rotatable bonds is 2. The van der Waals surface area contributed by atoms with Crippen molar-refractivity contribution in [2.75, 3.05) is 5.32 Å². The monoisotopic (exact) mass is 249 g/mol. The number of furan rings is 1. The molecule has 88 valence electrons. The van der Waals surface area contributed by atoms with E-state index in [0.717, 1.165) is 5.56 Å². The van der Waals surface area contributed by atoms with Gasteiger partial charge in [-0.05, 0) is 37.6 Å². The number of carbonyl (C=O) groups is 1. The van der Waals surface area contributed by atoms with Crippen LogP contribution >= 0.6 is 11.6 Å². The molecule has 1 aromatic carbocycles. The number of carbonyl (C=O) groups excluding carboxylic acids is 1. The summed E-state index contributed by atoms with van der Waals surface area (Å²) in [6.45, 7) is 3.61. The second-order valence-corrected chi connectivity index (χ2v) is 4.16. The van der Waals surface area contributed by atoms with Crippen LogP contribution in [0.25, 0.3) is 0 Å². The van der Waals surface area contributed by atoms with E-state index in [9.17, 15) is 4.79 Å². The Kier molecular flexibility index (Phi) is 3.20. The number of anilines is 1. The number of nitrogens with one attached hydrogen (secondary N) is 1. The van der Waals surface area contributed by atoms with Crippen molar-refractivity contribution in [1.82, 2.24) is 0 Å². The van der Waals surface area contributed by atoms with Gasteiger partial charge in [0.05, 0.1) is 11.8 Å². The van der Waals surface area contributed by atoms with E-state index in [1.165, 1.54) is 6.26 Å². The quantitative estimate of drug-likeness (QED) is 0.880. The fourth-order valence-corrected chi connectivity index (χ4v) is 1.73. The second-order valence-electron chi connectivity index (χ2n) is 3.76. The predicted octanol–water partition coefficient (Wildman–Crippen LogP) is 3.80. The first-order valence-corrected chi connectivity index (χ1v) is 5.58. The van der Waals surface area contributed by atoms with E-state index in [2.05, 4.69) is 5.32 Å². The highest BCUT2D eigenvalue weighted by molar-refractivity contribution is 6.31. The van der Waals surface area contributed by atoms with Gasteiger partial charge >= 0.3 is 0 Å². The van der Waals surface area contributed by atoms with E-state index in [0.29, 0.717) is 22.0 Å². The minimum absolute atomic E-state index is 0.193. The van der Waals surface area contributed by atoms with Gasteiger partial charge in [0.15, 0.2) is 0 Å². The van der Waals surface area contributed by atoms with Crippen molar-refractivity contribution in [3.8, 4) is 0 Å². The third-order valence-corrected chi connectivity index (χ3v) is 3.03. The zero-order chi connectivity index (χ0) is 12.4. The normalized spacial score (nSPS) is 10.3. The summed E-state index contributed by atoms with van der Waals surface area (Å²) in [7, 11) is 0. The van der Waals surface area contributed by atoms with Crippen molar-refractivity contribution in [3.63, 3.8) is 0 Å². The molecule has 0 aliphatic heterocycles. The summed E-state index contributed by atoms with van der Waals surface area (Å²) in [5, 5.41) is 3.44. The zero-order valence-corrected chi connectivity index (χ0v) is 10.3. The van der Waals surface area contributed by atoms with Crippen LogP contribution in [0.3, 0.4) is 0 Å². The Morgan fingerprint density at radius 1 is 1.29 bits per heavy atom. The third-order valence-electron chi connectivity index (χ3n) is 2.62. The molecule has 1 aromatic heterocycles. The van der Waals surface area contributed by atoms with Gasteiger partial charge in [0.25, 0.3) is 5.91 Å². The minimum atomic E-state index is -0.193. The first-order valence-electron chi connectivity index (χ1n) is 5.20. The van der Waals surface area contributed by atoms with Crippen LogP contribution in [0.2, 0.25) is 5.02 Å². The molecule has 2 aromatic rings. The fraction of sp³-hybridized carbons (Fsp3) is 0.154. The van der Waals surface area contributed by atoms with E-state index in [1.54, 1.807) is 25.1 Å². The molecule has 17 heavy (non-hydrogen) atoms. The van der Waals surface area contributed by atoms with Crippen LogP contribution in [0.15, 0.2) is 34.9 Å². The van der Waals surface area contributed by atoms with Gasteiger partial charge in [0.2, 0.25) is 0 Å². The van der Waals surface area contributed by atoms with E-state index >= 15 is 0 Å². The highest BCUT2D eigenvalue weighted by Gasteiger charge is 2.12. The molecule has 0 saturated heterocycles. The SMILES string of the molecule is Cc1occc1C(=O)Nc1cccc(Cl)c1C. The van der Waals surface area contributed by atoms with Gasteiger partial charge in [-0.15, -0.1) is 0 Å². The number of halogens is 1. The zero-order valence-electron chi connectivity index (χ0n) is 9.58. The molecule has 1 N–H and O–H groups in total. The molecule has 1 amide bonds. The molecular weight excluding hydrogens is 238 g/mol. The molecular formula is C13H12ClNO2. The smallest absolute Gasteiger partial charge is 0.259 e. The average Bonchev–Trinajstić information content (AvgIpc) is 2.71. The van der Waals surface area contributed by atoms with Crippen molar-refractivity contribution in [2.24, 2.45) is 0 Å². The maximum absolute atomic E-state index is 11.9. The van der Waals surface area contributed by atoms with Crippen LogP contribution in [0.4, 0.5) is 5.69 Å². The molecule has 4 heteroatoms. The van der Waals surface area contributed by atoms with E-state index < -0.39 is 0 Å².